The van der Waals surface area contributed by atoms with Gasteiger partial charge < -0.3 is 14.3 Å². The Morgan fingerprint density at radius 3 is 2.86 bits per heavy atom. The van der Waals surface area contributed by atoms with Crippen LogP contribution in [0.5, 0.6) is 11.5 Å². The fourth-order valence-electron chi connectivity index (χ4n) is 2.00. The highest BCUT2D eigenvalue weighted by Gasteiger charge is 2.07. The second-order valence-corrected chi connectivity index (χ2v) is 5.83. The summed E-state index contributed by atoms with van der Waals surface area (Å²) in [6.45, 7) is 0. The highest BCUT2D eigenvalue weighted by Crippen LogP contribution is 2.33. The monoisotopic (exact) mass is 379 g/mol. The first-order chi connectivity index (χ1) is 10.6. The van der Waals surface area contributed by atoms with Gasteiger partial charge in [0, 0.05) is 15.6 Å². The zero-order valence-electron chi connectivity index (χ0n) is 11.5. The number of ether oxygens (including phenoxy) is 1. The molecule has 0 fully saturated rings. The summed E-state index contributed by atoms with van der Waals surface area (Å²) in [5.41, 5.74) is 2.14. The average molecular weight is 381 g/mol. The van der Waals surface area contributed by atoms with Gasteiger partial charge in [-0.05, 0) is 42.0 Å². The van der Waals surface area contributed by atoms with Crippen LogP contribution in [-0.2, 0) is 0 Å². The fraction of sp³-hybridized carbons (Fsp3) is 0.0625. The van der Waals surface area contributed by atoms with Crippen LogP contribution in [0.2, 0.25) is 5.02 Å². The lowest BCUT2D eigenvalue weighted by molar-refractivity contribution is 0.373. The quantitative estimate of drug-likeness (QED) is 0.684. The summed E-state index contributed by atoms with van der Waals surface area (Å²) >= 11 is 9.35. The molecule has 3 rings (SSSR count). The third-order valence-corrected chi connectivity index (χ3v) is 3.99. The lowest BCUT2D eigenvalue weighted by Gasteiger charge is -2.06. The topological polar surface area (TPSA) is 55.5 Å². The number of halogens is 2. The summed E-state index contributed by atoms with van der Waals surface area (Å²) in [6.07, 6.45) is 3.51. The molecule has 0 bridgehead atoms. The van der Waals surface area contributed by atoms with Crippen molar-refractivity contribution in [2.75, 3.05) is 7.11 Å². The molecule has 4 nitrogen and oxygen atoms in total. The number of hydrogen-bond donors (Lipinski definition) is 1. The Morgan fingerprint density at radius 2 is 2.09 bits per heavy atom. The maximum Gasteiger partial charge on any atom is 0.220 e. The number of aromatic nitrogens is 1. The number of aromatic hydroxyl groups is 1. The number of phenols is 1. The van der Waals surface area contributed by atoms with Crippen LogP contribution in [0.4, 0.5) is 0 Å². The van der Waals surface area contributed by atoms with Gasteiger partial charge in [0.1, 0.15) is 5.52 Å². The molecular weight excluding hydrogens is 370 g/mol. The number of phenolic OH excluding ortho intramolecular Hbond substituents is 1. The van der Waals surface area contributed by atoms with E-state index in [2.05, 4.69) is 20.9 Å². The van der Waals surface area contributed by atoms with Crippen molar-refractivity contribution < 1.29 is 14.3 Å². The van der Waals surface area contributed by atoms with E-state index in [1.54, 1.807) is 42.5 Å². The number of fused-ring (bicyclic) bond motifs is 1. The van der Waals surface area contributed by atoms with Crippen molar-refractivity contribution >= 4 is 50.8 Å². The van der Waals surface area contributed by atoms with E-state index in [0.717, 1.165) is 10.0 Å². The third-order valence-electron chi connectivity index (χ3n) is 3.07. The molecule has 6 heteroatoms. The Morgan fingerprint density at radius 1 is 1.27 bits per heavy atom. The number of nitrogens with zero attached hydrogens (tertiary/aromatic N) is 1. The Bertz CT molecular complexity index is 873. The van der Waals surface area contributed by atoms with Crippen LogP contribution >= 0.6 is 27.5 Å². The van der Waals surface area contributed by atoms with Crippen molar-refractivity contribution in [3.05, 3.63) is 51.3 Å². The molecular formula is C16H11BrClNO3. The van der Waals surface area contributed by atoms with Crippen molar-refractivity contribution in [2.24, 2.45) is 0 Å². The Balaban J connectivity index is 1.94. The van der Waals surface area contributed by atoms with Gasteiger partial charge in [0.2, 0.25) is 5.89 Å². The number of hydrogen-bond acceptors (Lipinski definition) is 4. The smallest absolute Gasteiger partial charge is 0.220 e. The molecule has 1 N–H and O–H groups in total. The van der Waals surface area contributed by atoms with E-state index in [4.69, 9.17) is 20.8 Å². The molecule has 0 atom stereocenters. The first-order valence-corrected chi connectivity index (χ1v) is 7.54. The molecule has 0 aliphatic heterocycles. The van der Waals surface area contributed by atoms with Gasteiger partial charge in [0.15, 0.2) is 17.1 Å². The molecule has 0 amide bonds. The van der Waals surface area contributed by atoms with Crippen molar-refractivity contribution in [3.8, 4) is 11.5 Å². The predicted octanol–water partition coefficient (Wildman–Crippen LogP) is 5.13. The zero-order valence-corrected chi connectivity index (χ0v) is 13.9. The third kappa shape index (κ3) is 2.96. The first-order valence-electron chi connectivity index (χ1n) is 6.37. The molecule has 0 radical (unpaired) electrons. The van der Waals surface area contributed by atoms with Gasteiger partial charge in [-0.25, -0.2) is 4.98 Å². The molecule has 1 aromatic heterocycles. The first kappa shape index (κ1) is 14.9. The molecule has 2 aromatic carbocycles. The van der Waals surface area contributed by atoms with E-state index in [-0.39, 0.29) is 5.75 Å². The van der Waals surface area contributed by atoms with E-state index in [1.165, 1.54) is 7.11 Å². The van der Waals surface area contributed by atoms with Gasteiger partial charge in [0.05, 0.1) is 7.11 Å². The maximum absolute atomic E-state index is 9.82. The zero-order chi connectivity index (χ0) is 15.7. The Labute approximate surface area is 140 Å². The van der Waals surface area contributed by atoms with Crippen LogP contribution in [-0.4, -0.2) is 17.2 Å². The highest BCUT2D eigenvalue weighted by molar-refractivity contribution is 9.10. The van der Waals surface area contributed by atoms with Crippen molar-refractivity contribution in [2.45, 2.75) is 0 Å². The van der Waals surface area contributed by atoms with Crippen LogP contribution < -0.4 is 4.74 Å². The molecule has 0 unspecified atom stereocenters. The summed E-state index contributed by atoms with van der Waals surface area (Å²) in [5.74, 6) is 0.926. The molecule has 1 heterocycles. The second kappa shape index (κ2) is 6.02. The second-order valence-electron chi connectivity index (χ2n) is 4.54. The van der Waals surface area contributed by atoms with Crippen LogP contribution in [0, 0.1) is 0 Å². The van der Waals surface area contributed by atoms with Gasteiger partial charge in [-0.2, -0.15) is 0 Å². The number of benzene rings is 2. The van der Waals surface area contributed by atoms with E-state index < -0.39 is 0 Å². The van der Waals surface area contributed by atoms with Crippen molar-refractivity contribution in [3.63, 3.8) is 0 Å². The van der Waals surface area contributed by atoms with Gasteiger partial charge in [-0.1, -0.05) is 27.5 Å². The van der Waals surface area contributed by atoms with Gasteiger partial charge in [-0.15, -0.1) is 0 Å². The molecule has 22 heavy (non-hydrogen) atoms. The molecule has 112 valence electrons. The van der Waals surface area contributed by atoms with E-state index in [9.17, 15) is 5.11 Å². The van der Waals surface area contributed by atoms with Crippen LogP contribution in [0.1, 0.15) is 11.5 Å². The average Bonchev–Trinajstić information content (AvgIpc) is 2.89. The Kier molecular flexibility index (Phi) is 4.09. The predicted molar refractivity (Wildman–Crippen MR) is 90.3 cm³/mol. The van der Waals surface area contributed by atoms with Crippen LogP contribution in [0.15, 0.2) is 39.2 Å². The van der Waals surface area contributed by atoms with Gasteiger partial charge >= 0.3 is 0 Å². The summed E-state index contributed by atoms with van der Waals surface area (Å²) in [4.78, 5) is 4.33. The van der Waals surface area contributed by atoms with Crippen LogP contribution in [0.25, 0.3) is 23.3 Å². The largest absolute Gasteiger partial charge is 0.504 e. The number of oxazole rings is 1. The molecule has 0 saturated heterocycles. The van der Waals surface area contributed by atoms with Crippen molar-refractivity contribution in [1.82, 2.24) is 4.98 Å². The fourth-order valence-corrected chi connectivity index (χ4v) is 2.62. The SMILES string of the molecule is COc1cc(Br)c(/C=C/c2nc3cc(Cl)ccc3o2)cc1O. The number of rotatable bonds is 3. The summed E-state index contributed by atoms with van der Waals surface area (Å²) in [7, 11) is 1.50. The minimum absolute atomic E-state index is 0.0645. The lowest BCUT2D eigenvalue weighted by Crippen LogP contribution is -1.85. The summed E-state index contributed by atoms with van der Waals surface area (Å²) < 4.78 is 11.4. The van der Waals surface area contributed by atoms with E-state index in [1.807, 2.05) is 0 Å². The maximum atomic E-state index is 9.82. The van der Waals surface area contributed by atoms with Crippen molar-refractivity contribution in [1.29, 1.82) is 0 Å². The minimum Gasteiger partial charge on any atom is -0.504 e. The molecule has 0 aliphatic carbocycles. The Hall–Kier alpha value is -1.98. The molecule has 3 aromatic rings. The van der Waals surface area contributed by atoms with Gasteiger partial charge in [0.25, 0.3) is 0 Å². The molecule has 0 aliphatic rings. The van der Waals surface area contributed by atoms with Crippen LogP contribution in [0.3, 0.4) is 0 Å². The normalized spacial score (nSPS) is 11.4. The lowest BCUT2D eigenvalue weighted by atomic mass is 10.2. The van der Waals surface area contributed by atoms with E-state index in [0.29, 0.717) is 27.8 Å². The van der Waals surface area contributed by atoms with E-state index >= 15 is 0 Å². The molecule has 0 saturated carbocycles. The minimum atomic E-state index is 0.0645. The van der Waals surface area contributed by atoms with Gasteiger partial charge in [-0.3, -0.25) is 0 Å². The summed E-state index contributed by atoms with van der Waals surface area (Å²) in [5, 5.41) is 10.4. The molecule has 0 spiro atoms. The summed E-state index contributed by atoms with van der Waals surface area (Å²) in [6, 6.07) is 8.56. The highest BCUT2D eigenvalue weighted by atomic mass is 79.9. The number of methoxy groups -OCH3 is 1. The standard InChI is InChI=1S/C16H11BrClNO3/c1-21-15-8-11(17)9(6-13(15)20)2-5-16-19-12-7-10(18)3-4-14(12)22-16/h2-8,20H,1H3/b5-2+.